The third-order valence-electron chi connectivity index (χ3n) is 4.53. The average Bonchev–Trinajstić information content (AvgIpc) is 2.65. The molecule has 122 valence electrons. The summed E-state index contributed by atoms with van der Waals surface area (Å²) in [6.07, 6.45) is 4.54. The Morgan fingerprint density at radius 1 is 0.792 bits per heavy atom. The van der Waals surface area contributed by atoms with E-state index < -0.39 is 0 Å². The first-order valence-electron chi connectivity index (χ1n) is 8.83. The van der Waals surface area contributed by atoms with Crippen molar-refractivity contribution in [1.29, 1.82) is 0 Å². The number of rotatable bonds is 4. The summed E-state index contributed by atoms with van der Waals surface area (Å²) in [6, 6.07) is 20.8. The van der Waals surface area contributed by atoms with Gasteiger partial charge in [-0.15, -0.1) is 0 Å². The molecule has 0 aliphatic carbocycles. The molecular formula is C22H26N2+2. The second-order valence-corrected chi connectivity index (χ2v) is 6.36. The van der Waals surface area contributed by atoms with E-state index in [1.807, 2.05) is 18.2 Å². The summed E-state index contributed by atoms with van der Waals surface area (Å²) >= 11 is 0. The van der Waals surface area contributed by atoms with Crippen LogP contribution in [0.5, 0.6) is 0 Å². The number of benzene rings is 2. The van der Waals surface area contributed by atoms with Crippen molar-refractivity contribution in [2.75, 3.05) is 39.3 Å². The first-order chi connectivity index (χ1) is 11.9. The van der Waals surface area contributed by atoms with Crippen molar-refractivity contribution in [1.82, 2.24) is 0 Å². The highest BCUT2D eigenvalue weighted by Gasteiger charge is 2.20. The van der Waals surface area contributed by atoms with Crippen LogP contribution in [0.3, 0.4) is 0 Å². The maximum absolute atomic E-state index is 3.34. The summed E-state index contributed by atoms with van der Waals surface area (Å²) in [5, 5.41) is 0. The van der Waals surface area contributed by atoms with Crippen molar-refractivity contribution < 1.29 is 9.80 Å². The quantitative estimate of drug-likeness (QED) is 0.761. The average molecular weight is 318 g/mol. The van der Waals surface area contributed by atoms with E-state index in [9.17, 15) is 0 Å². The minimum atomic E-state index is 0.960. The molecule has 1 aliphatic rings. The molecule has 0 bridgehead atoms. The Bertz CT molecular complexity index is 687. The van der Waals surface area contributed by atoms with Gasteiger partial charge in [0.05, 0.1) is 6.54 Å². The standard InChI is InChI=1S/C22H24N2/c1-3-9-21(10-4-1)13-7-15-23-17-19-24(20-18-23)16-8-14-22-11-5-2-6-12-22/h1-7,9-13H,15-20H2/p+2/b13-7+. The van der Waals surface area contributed by atoms with Gasteiger partial charge in [-0.05, 0) is 29.7 Å². The molecule has 0 aromatic heterocycles. The third-order valence-corrected chi connectivity index (χ3v) is 4.53. The zero-order chi connectivity index (χ0) is 16.5. The molecule has 24 heavy (non-hydrogen) atoms. The maximum Gasteiger partial charge on any atom is 0.140 e. The summed E-state index contributed by atoms with van der Waals surface area (Å²) in [7, 11) is 0. The Kier molecular flexibility index (Phi) is 6.25. The molecule has 2 heteroatoms. The number of quaternary nitrogens is 2. The van der Waals surface area contributed by atoms with Crippen molar-refractivity contribution in [3.05, 3.63) is 77.9 Å². The van der Waals surface area contributed by atoms with Gasteiger partial charge in [-0.1, -0.05) is 60.5 Å². The van der Waals surface area contributed by atoms with Gasteiger partial charge in [0.2, 0.25) is 0 Å². The van der Waals surface area contributed by atoms with Crippen molar-refractivity contribution in [2.24, 2.45) is 0 Å². The van der Waals surface area contributed by atoms with Gasteiger partial charge in [0, 0.05) is 5.56 Å². The van der Waals surface area contributed by atoms with Crippen LogP contribution in [0.4, 0.5) is 0 Å². The second-order valence-electron chi connectivity index (χ2n) is 6.36. The summed E-state index contributed by atoms with van der Waals surface area (Å²) in [5.74, 6) is 6.61. The van der Waals surface area contributed by atoms with Gasteiger partial charge in [-0.2, -0.15) is 0 Å². The molecule has 1 fully saturated rings. The first-order valence-corrected chi connectivity index (χ1v) is 8.83. The minimum absolute atomic E-state index is 0.960. The number of piperazine rings is 1. The molecule has 2 aromatic carbocycles. The van der Waals surface area contributed by atoms with E-state index in [1.54, 1.807) is 9.80 Å². The molecule has 1 aliphatic heterocycles. The Morgan fingerprint density at radius 3 is 2.12 bits per heavy atom. The van der Waals surface area contributed by atoms with E-state index in [-0.39, 0.29) is 0 Å². The molecule has 0 saturated carbocycles. The van der Waals surface area contributed by atoms with Gasteiger partial charge >= 0.3 is 0 Å². The largest absolute Gasteiger partial charge is 0.322 e. The van der Waals surface area contributed by atoms with E-state index in [2.05, 4.69) is 66.5 Å². The first kappa shape index (κ1) is 16.5. The predicted molar refractivity (Wildman–Crippen MR) is 99.9 cm³/mol. The van der Waals surface area contributed by atoms with E-state index in [4.69, 9.17) is 0 Å². The van der Waals surface area contributed by atoms with Crippen molar-refractivity contribution >= 4 is 6.08 Å². The van der Waals surface area contributed by atoms with Crippen molar-refractivity contribution in [2.45, 2.75) is 0 Å². The van der Waals surface area contributed by atoms with Crippen molar-refractivity contribution in [3.8, 4) is 11.8 Å². The van der Waals surface area contributed by atoms with Crippen LogP contribution in [-0.2, 0) is 0 Å². The van der Waals surface area contributed by atoms with Crippen LogP contribution in [0.15, 0.2) is 66.7 Å². The van der Waals surface area contributed by atoms with E-state index in [0.717, 1.165) is 18.7 Å². The van der Waals surface area contributed by atoms with Crippen molar-refractivity contribution in [3.63, 3.8) is 0 Å². The lowest BCUT2D eigenvalue weighted by molar-refractivity contribution is -1.01. The Balaban J connectivity index is 1.38. The number of nitrogens with one attached hydrogen (secondary N) is 2. The third kappa shape index (κ3) is 5.38. The molecule has 1 heterocycles. The van der Waals surface area contributed by atoms with Crippen LogP contribution < -0.4 is 9.80 Å². The molecule has 0 radical (unpaired) electrons. The van der Waals surface area contributed by atoms with Crippen LogP contribution in [0, 0.1) is 11.8 Å². The molecule has 0 amide bonds. The van der Waals surface area contributed by atoms with E-state index in [1.165, 1.54) is 31.7 Å². The van der Waals surface area contributed by atoms with Crippen LogP contribution in [0.25, 0.3) is 6.08 Å². The SMILES string of the molecule is C(#Cc1ccccc1)C[NH+]1CC[NH+](C/C=C/c2ccccc2)CC1. The molecule has 2 aromatic rings. The Hall–Kier alpha value is -2.34. The lowest BCUT2D eigenvalue weighted by atomic mass is 10.2. The zero-order valence-electron chi connectivity index (χ0n) is 14.2. The summed E-state index contributed by atoms with van der Waals surface area (Å²) in [5.41, 5.74) is 2.41. The smallest absolute Gasteiger partial charge is 0.140 e. The topological polar surface area (TPSA) is 8.88 Å². The molecule has 2 N–H and O–H groups in total. The Labute approximate surface area is 145 Å². The molecule has 3 rings (SSSR count). The number of hydrogen-bond donors (Lipinski definition) is 2. The van der Waals surface area contributed by atoms with Crippen LogP contribution in [0.1, 0.15) is 11.1 Å². The lowest BCUT2D eigenvalue weighted by Crippen LogP contribution is -3.28. The van der Waals surface area contributed by atoms with Gasteiger partial charge in [0.25, 0.3) is 0 Å². The molecule has 0 atom stereocenters. The van der Waals surface area contributed by atoms with E-state index in [0.29, 0.717) is 0 Å². The zero-order valence-corrected chi connectivity index (χ0v) is 14.2. The highest BCUT2D eigenvalue weighted by atomic mass is 15.3. The van der Waals surface area contributed by atoms with Gasteiger partial charge in [0.15, 0.2) is 0 Å². The highest BCUT2D eigenvalue weighted by molar-refractivity contribution is 5.48. The molecule has 1 saturated heterocycles. The fourth-order valence-corrected chi connectivity index (χ4v) is 3.06. The van der Waals surface area contributed by atoms with Crippen LogP contribution >= 0.6 is 0 Å². The fraction of sp³-hybridized carbons (Fsp3) is 0.273. The minimum Gasteiger partial charge on any atom is -0.322 e. The maximum atomic E-state index is 3.34. The monoisotopic (exact) mass is 318 g/mol. The van der Waals surface area contributed by atoms with Gasteiger partial charge < -0.3 is 9.80 Å². The summed E-state index contributed by atoms with van der Waals surface area (Å²) in [4.78, 5) is 3.30. The summed E-state index contributed by atoms with van der Waals surface area (Å²) in [6.45, 7) is 7.00. The van der Waals surface area contributed by atoms with E-state index >= 15 is 0 Å². The molecule has 0 unspecified atom stereocenters. The molecular weight excluding hydrogens is 292 g/mol. The van der Waals surface area contributed by atoms with Crippen LogP contribution in [0.2, 0.25) is 0 Å². The number of hydrogen-bond acceptors (Lipinski definition) is 0. The van der Waals surface area contributed by atoms with Gasteiger partial charge in [0.1, 0.15) is 32.7 Å². The second kappa shape index (κ2) is 9.08. The van der Waals surface area contributed by atoms with Crippen LogP contribution in [-0.4, -0.2) is 39.3 Å². The molecule has 2 nitrogen and oxygen atoms in total. The summed E-state index contributed by atoms with van der Waals surface area (Å²) < 4.78 is 0. The fourth-order valence-electron chi connectivity index (χ4n) is 3.06. The predicted octanol–water partition coefficient (Wildman–Crippen LogP) is 0.535. The van der Waals surface area contributed by atoms with Gasteiger partial charge in [-0.3, -0.25) is 0 Å². The van der Waals surface area contributed by atoms with Gasteiger partial charge in [-0.25, -0.2) is 0 Å². The lowest BCUT2D eigenvalue weighted by Gasteiger charge is -2.27. The normalized spacial score (nSPS) is 20.5. The highest BCUT2D eigenvalue weighted by Crippen LogP contribution is 1.99. The Morgan fingerprint density at radius 2 is 1.42 bits per heavy atom. The molecule has 0 spiro atoms.